The highest BCUT2D eigenvalue weighted by Gasteiger charge is 2.21. The maximum absolute atomic E-state index is 4.81. The standard InChI is InChI=1S/C15H22N4S2/c1-15(2,3)13-17-14(21-18-13)19(4)9-12-16-10-7-5-6-8-11(10)20-12/h5-9H2,1-4H3. The number of thiazole rings is 1. The lowest BCUT2D eigenvalue weighted by Crippen LogP contribution is -2.17. The molecule has 0 atom stereocenters. The first kappa shape index (κ1) is 14.9. The normalized spacial score (nSPS) is 15.0. The van der Waals surface area contributed by atoms with Crippen LogP contribution in [0.1, 0.15) is 55.0 Å². The van der Waals surface area contributed by atoms with Crippen molar-refractivity contribution in [3.8, 4) is 0 Å². The third-order valence-electron chi connectivity index (χ3n) is 3.68. The van der Waals surface area contributed by atoms with E-state index in [1.54, 1.807) is 0 Å². The summed E-state index contributed by atoms with van der Waals surface area (Å²) >= 11 is 3.35. The highest BCUT2D eigenvalue weighted by Crippen LogP contribution is 2.29. The molecule has 0 spiro atoms. The molecule has 2 heterocycles. The summed E-state index contributed by atoms with van der Waals surface area (Å²) in [6, 6.07) is 0. The molecule has 3 rings (SSSR count). The molecule has 0 N–H and O–H groups in total. The largest absolute Gasteiger partial charge is 0.343 e. The molecule has 1 aliphatic carbocycles. The van der Waals surface area contributed by atoms with Crippen LogP contribution in [0, 0.1) is 0 Å². The maximum Gasteiger partial charge on any atom is 0.205 e. The molecule has 21 heavy (non-hydrogen) atoms. The second-order valence-corrected chi connectivity index (χ2v) is 8.59. The van der Waals surface area contributed by atoms with Crippen molar-refractivity contribution in [1.82, 2.24) is 14.3 Å². The zero-order valence-electron chi connectivity index (χ0n) is 13.1. The van der Waals surface area contributed by atoms with Gasteiger partial charge in [0.25, 0.3) is 0 Å². The molecule has 0 aliphatic heterocycles. The number of hydrogen-bond acceptors (Lipinski definition) is 6. The highest BCUT2D eigenvalue weighted by molar-refractivity contribution is 7.12. The number of fused-ring (bicyclic) bond motifs is 1. The van der Waals surface area contributed by atoms with E-state index in [1.165, 1.54) is 46.4 Å². The molecule has 2 aromatic rings. The average molecular weight is 323 g/mol. The number of aromatic nitrogens is 3. The van der Waals surface area contributed by atoms with Gasteiger partial charge in [0.2, 0.25) is 5.13 Å². The van der Waals surface area contributed by atoms with Crippen molar-refractivity contribution in [1.29, 1.82) is 0 Å². The van der Waals surface area contributed by atoms with Crippen molar-refractivity contribution in [2.24, 2.45) is 0 Å². The highest BCUT2D eigenvalue weighted by atomic mass is 32.1. The second kappa shape index (κ2) is 5.65. The van der Waals surface area contributed by atoms with Crippen LogP contribution in [0.3, 0.4) is 0 Å². The smallest absolute Gasteiger partial charge is 0.205 e. The minimum absolute atomic E-state index is 0.00978. The van der Waals surface area contributed by atoms with Gasteiger partial charge >= 0.3 is 0 Å². The Morgan fingerprint density at radius 1 is 1.14 bits per heavy atom. The number of hydrogen-bond donors (Lipinski definition) is 0. The average Bonchev–Trinajstić information content (AvgIpc) is 3.04. The van der Waals surface area contributed by atoms with Gasteiger partial charge < -0.3 is 4.90 Å². The van der Waals surface area contributed by atoms with E-state index < -0.39 is 0 Å². The molecular weight excluding hydrogens is 300 g/mol. The van der Waals surface area contributed by atoms with Gasteiger partial charge in [-0.15, -0.1) is 11.3 Å². The van der Waals surface area contributed by atoms with Crippen LogP contribution in [0.15, 0.2) is 0 Å². The first-order valence-electron chi connectivity index (χ1n) is 7.46. The molecule has 0 bridgehead atoms. The topological polar surface area (TPSA) is 41.9 Å². The molecule has 114 valence electrons. The van der Waals surface area contributed by atoms with Gasteiger partial charge in [-0.05, 0) is 25.7 Å². The number of anilines is 1. The van der Waals surface area contributed by atoms with Gasteiger partial charge in [-0.1, -0.05) is 20.8 Å². The Hall–Kier alpha value is -1.01. The van der Waals surface area contributed by atoms with E-state index in [0.717, 1.165) is 23.9 Å². The Labute approximate surface area is 134 Å². The van der Waals surface area contributed by atoms with E-state index in [4.69, 9.17) is 4.98 Å². The molecule has 0 aromatic carbocycles. The number of rotatable bonds is 3. The first-order chi connectivity index (χ1) is 9.93. The molecule has 0 radical (unpaired) electrons. The van der Waals surface area contributed by atoms with Crippen LogP contribution in [0.5, 0.6) is 0 Å². The zero-order valence-corrected chi connectivity index (χ0v) is 14.8. The van der Waals surface area contributed by atoms with Crippen molar-refractivity contribution in [3.05, 3.63) is 21.4 Å². The minimum Gasteiger partial charge on any atom is -0.343 e. The van der Waals surface area contributed by atoms with Gasteiger partial charge in [-0.2, -0.15) is 4.37 Å². The summed E-state index contributed by atoms with van der Waals surface area (Å²) in [7, 11) is 2.08. The van der Waals surface area contributed by atoms with Crippen LogP contribution in [-0.4, -0.2) is 21.4 Å². The molecular formula is C15H22N4S2. The predicted octanol–water partition coefficient (Wildman–Crippen LogP) is 3.81. The number of nitrogens with zero attached hydrogens (tertiary/aromatic N) is 4. The van der Waals surface area contributed by atoms with Crippen LogP contribution in [-0.2, 0) is 24.8 Å². The fourth-order valence-corrected chi connectivity index (χ4v) is 4.44. The van der Waals surface area contributed by atoms with Gasteiger partial charge in [0.1, 0.15) is 10.8 Å². The van der Waals surface area contributed by atoms with Crippen LogP contribution in [0.2, 0.25) is 0 Å². The summed E-state index contributed by atoms with van der Waals surface area (Å²) in [5.74, 6) is 0.924. The van der Waals surface area contributed by atoms with Gasteiger partial charge in [0, 0.05) is 28.9 Å². The van der Waals surface area contributed by atoms with E-state index in [9.17, 15) is 0 Å². The van der Waals surface area contributed by atoms with Crippen LogP contribution in [0.25, 0.3) is 0 Å². The molecule has 1 aliphatic rings. The quantitative estimate of drug-likeness (QED) is 0.862. The Bertz CT molecular complexity index is 600. The van der Waals surface area contributed by atoms with E-state index >= 15 is 0 Å². The van der Waals surface area contributed by atoms with Gasteiger partial charge in [-0.25, -0.2) is 9.97 Å². The zero-order chi connectivity index (χ0) is 15.0. The molecule has 2 aromatic heterocycles. The molecule has 0 saturated heterocycles. The van der Waals surface area contributed by atoms with Crippen molar-refractivity contribution in [2.75, 3.05) is 11.9 Å². The Kier molecular flexibility index (Phi) is 4.01. The van der Waals surface area contributed by atoms with Crippen LogP contribution < -0.4 is 4.90 Å². The molecule has 0 saturated carbocycles. The summed E-state index contributed by atoms with van der Waals surface area (Å²) in [6.07, 6.45) is 4.97. The molecule has 4 nitrogen and oxygen atoms in total. The van der Waals surface area contributed by atoms with Gasteiger partial charge in [-0.3, -0.25) is 0 Å². The summed E-state index contributed by atoms with van der Waals surface area (Å²) in [4.78, 5) is 13.1. The fourth-order valence-electron chi connectivity index (χ4n) is 2.42. The maximum atomic E-state index is 4.81. The second-order valence-electron chi connectivity index (χ2n) is 6.69. The Morgan fingerprint density at radius 3 is 2.57 bits per heavy atom. The van der Waals surface area contributed by atoms with E-state index in [1.807, 2.05) is 11.3 Å². The monoisotopic (exact) mass is 322 g/mol. The van der Waals surface area contributed by atoms with Crippen molar-refractivity contribution < 1.29 is 0 Å². The third kappa shape index (κ3) is 3.26. The van der Waals surface area contributed by atoms with Crippen molar-refractivity contribution in [3.63, 3.8) is 0 Å². The summed E-state index contributed by atoms with van der Waals surface area (Å²) < 4.78 is 4.49. The number of aryl methyl sites for hydroxylation is 2. The summed E-state index contributed by atoms with van der Waals surface area (Å²) in [5, 5.41) is 2.19. The van der Waals surface area contributed by atoms with Gasteiger partial charge in [0.05, 0.1) is 12.2 Å². The first-order valence-corrected chi connectivity index (χ1v) is 9.05. The van der Waals surface area contributed by atoms with Crippen molar-refractivity contribution in [2.45, 2.75) is 58.4 Å². The lowest BCUT2D eigenvalue weighted by molar-refractivity contribution is 0.554. The summed E-state index contributed by atoms with van der Waals surface area (Å²) in [6.45, 7) is 7.27. The van der Waals surface area contributed by atoms with Crippen LogP contribution in [0.4, 0.5) is 5.13 Å². The molecule has 6 heteroatoms. The molecule has 0 amide bonds. The minimum atomic E-state index is 0.00978. The summed E-state index contributed by atoms with van der Waals surface area (Å²) in [5.41, 5.74) is 1.35. The van der Waals surface area contributed by atoms with E-state index in [2.05, 4.69) is 42.1 Å². The molecule has 0 unspecified atom stereocenters. The van der Waals surface area contributed by atoms with Gasteiger partial charge in [0.15, 0.2) is 0 Å². The van der Waals surface area contributed by atoms with Crippen molar-refractivity contribution >= 4 is 28.0 Å². The fraction of sp³-hybridized carbons (Fsp3) is 0.667. The van der Waals surface area contributed by atoms with E-state index in [-0.39, 0.29) is 5.41 Å². The lowest BCUT2D eigenvalue weighted by atomic mass is 9.96. The third-order valence-corrected chi connectivity index (χ3v) is 5.65. The predicted molar refractivity (Wildman–Crippen MR) is 89.5 cm³/mol. The van der Waals surface area contributed by atoms with Crippen LogP contribution >= 0.6 is 22.9 Å². The Balaban J connectivity index is 1.72. The van der Waals surface area contributed by atoms with E-state index in [0.29, 0.717) is 0 Å². The lowest BCUT2D eigenvalue weighted by Gasteiger charge is -2.14. The Morgan fingerprint density at radius 2 is 1.90 bits per heavy atom. The SMILES string of the molecule is CN(Cc1nc2c(s1)CCCC2)c1nc(C(C)(C)C)ns1. The molecule has 0 fully saturated rings.